The average Bonchev–Trinajstić information content (AvgIpc) is 3.76. The van der Waals surface area contributed by atoms with E-state index in [2.05, 4.69) is 46.4 Å². The van der Waals surface area contributed by atoms with E-state index in [4.69, 9.17) is 26.6 Å². The molecule has 0 atom stereocenters. The van der Waals surface area contributed by atoms with Crippen molar-refractivity contribution in [3.05, 3.63) is 48.5 Å². The van der Waals surface area contributed by atoms with Crippen molar-refractivity contribution < 1.29 is 26.6 Å². The lowest BCUT2D eigenvalue weighted by Crippen LogP contribution is -2.46. The summed E-state index contributed by atoms with van der Waals surface area (Å²) in [6.07, 6.45) is 2.08. The largest absolute Gasteiger partial charge is 0.500 e. The van der Waals surface area contributed by atoms with Crippen LogP contribution in [0.2, 0.25) is 12.1 Å². The molecule has 2 aromatic carbocycles. The quantitative estimate of drug-likeness (QED) is 0.0308. The van der Waals surface area contributed by atoms with Gasteiger partial charge in [0.2, 0.25) is 0 Å². The Bertz CT molecular complexity index is 1300. The number of hydrogen-bond donors (Lipinski definition) is 0. The molecular formula is C32H50N2O6S10Si2. The molecule has 0 unspecified atom stereocenters. The van der Waals surface area contributed by atoms with E-state index < -0.39 is 17.6 Å². The van der Waals surface area contributed by atoms with E-state index in [0.29, 0.717) is 39.6 Å². The third-order valence-corrected chi connectivity index (χ3v) is 28.2. The topological polar surface area (TPSA) is 81.2 Å². The number of benzene rings is 2. The lowest BCUT2D eigenvalue weighted by Gasteiger charge is -2.28. The Labute approximate surface area is 351 Å². The van der Waals surface area contributed by atoms with Crippen LogP contribution in [0.4, 0.5) is 0 Å². The summed E-state index contributed by atoms with van der Waals surface area (Å²) >= 11 is 3.49. The van der Waals surface area contributed by atoms with Crippen LogP contribution >= 0.6 is 105 Å². The normalized spacial score (nSPS) is 12.1. The molecule has 2 aromatic heterocycles. The fraction of sp³-hybridized carbons (Fsp3) is 0.562. The number of nitrogens with zero attached hydrogens (tertiary/aromatic N) is 2. The van der Waals surface area contributed by atoms with Crippen molar-refractivity contribution in [1.29, 1.82) is 0 Å². The molecule has 52 heavy (non-hydrogen) atoms. The van der Waals surface area contributed by atoms with E-state index in [1.165, 1.54) is 9.40 Å². The zero-order valence-corrected chi connectivity index (χ0v) is 40.7. The maximum atomic E-state index is 5.90. The highest BCUT2D eigenvalue weighted by Crippen LogP contribution is 2.51. The van der Waals surface area contributed by atoms with E-state index in [1.807, 2.05) is 94.9 Å². The van der Waals surface area contributed by atoms with E-state index >= 15 is 0 Å². The van der Waals surface area contributed by atoms with Crippen LogP contribution in [0, 0.1) is 0 Å². The highest BCUT2D eigenvalue weighted by Gasteiger charge is 2.40. The number of aromatic nitrogens is 2. The molecular weight excluding hydrogens is 885 g/mol. The molecule has 0 bridgehead atoms. The molecule has 0 aliphatic carbocycles. The Hall–Kier alpha value is 1.21. The maximum absolute atomic E-state index is 5.90. The Morgan fingerprint density at radius 1 is 0.500 bits per heavy atom. The van der Waals surface area contributed by atoms with Gasteiger partial charge in [0.15, 0.2) is 8.68 Å². The highest BCUT2D eigenvalue weighted by atomic mass is 33.7. The third kappa shape index (κ3) is 17.8. The van der Waals surface area contributed by atoms with Crippen molar-refractivity contribution in [3.8, 4) is 0 Å². The summed E-state index contributed by atoms with van der Waals surface area (Å²) < 4.78 is 40.1. The molecule has 0 amide bonds. The monoisotopic (exact) mass is 934 g/mol. The van der Waals surface area contributed by atoms with Crippen molar-refractivity contribution >= 4 is 143 Å². The Morgan fingerprint density at radius 2 is 0.846 bits per heavy atom. The summed E-state index contributed by atoms with van der Waals surface area (Å²) in [4.78, 5) is 9.23. The minimum absolute atomic E-state index is 0.640. The van der Waals surface area contributed by atoms with Crippen LogP contribution in [0.15, 0.2) is 57.2 Å². The smallest absolute Gasteiger partial charge is 0.374 e. The van der Waals surface area contributed by atoms with Gasteiger partial charge in [-0.15, -0.1) is 22.7 Å². The van der Waals surface area contributed by atoms with Crippen LogP contribution in [0.1, 0.15) is 54.4 Å². The number of rotatable bonds is 28. The zero-order chi connectivity index (χ0) is 37.3. The molecule has 2 heterocycles. The second-order valence-corrected chi connectivity index (χ2v) is 30.1. The molecule has 4 aromatic rings. The molecule has 0 aliphatic rings. The number of hydrogen-bond acceptors (Lipinski definition) is 18. The SMILES string of the molecule is CCO[Si](CCCSSSSCCC[Si](OCC)(OCC)OCC)(OCC)OCC.c1ccc2sc(SSSSc3nc4ccccc4s3)nc2c1. The van der Waals surface area contributed by atoms with Crippen LogP contribution in [0.3, 0.4) is 0 Å². The Balaban J connectivity index is 0.000000290. The van der Waals surface area contributed by atoms with Gasteiger partial charge >= 0.3 is 17.6 Å². The first kappa shape index (κ1) is 47.6. The maximum Gasteiger partial charge on any atom is 0.500 e. The zero-order valence-electron chi connectivity index (χ0n) is 30.5. The highest BCUT2D eigenvalue weighted by molar-refractivity contribution is 9.26. The van der Waals surface area contributed by atoms with Crippen LogP contribution in [0.25, 0.3) is 20.4 Å². The summed E-state index contributed by atoms with van der Waals surface area (Å²) in [7, 11) is 9.38. The third-order valence-electron chi connectivity index (χ3n) is 6.52. The van der Waals surface area contributed by atoms with Gasteiger partial charge < -0.3 is 26.6 Å². The second-order valence-electron chi connectivity index (χ2n) is 10.1. The standard InChI is InChI=1S/C18H42O6S4Si2.C14H8N2S6/c1-7-19-29(20-8-2,21-9-3)17-13-15-25-27-28-26-16-14-18-30(22-10-4,23-11-5)24-12-6;1-3-7-11-9(5-1)15-13(17-11)19-21-22-20-14-16-10-6-2-4-8-12(10)18-14/h7-18H2,1-6H3;1-8H. The minimum atomic E-state index is -2.49. The van der Waals surface area contributed by atoms with Gasteiger partial charge in [-0.25, -0.2) is 9.97 Å². The Morgan fingerprint density at radius 3 is 1.17 bits per heavy atom. The molecule has 0 fully saturated rings. The molecule has 0 radical (unpaired) electrons. The Kier molecular flexibility index (Phi) is 26.2. The first-order valence-corrected chi connectivity index (χ1v) is 32.7. The molecule has 0 saturated heterocycles. The molecule has 0 N–H and O–H groups in total. The van der Waals surface area contributed by atoms with Gasteiger partial charge in [0.05, 0.1) is 20.4 Å². The van der Waals surface area contributed by atoms with Crippen LogP contribution < -0.4 is 0 Å². The molecule has 0 saturated carbocycles. The summed E-state index contributed by atoms with van der Waals surface area (Å²) in [5.74, 6) is 2.13. The van der Waals surface area contributed by atoms with Gasteiger partial charge in [-0.1, -0.05) is 45.9 Å². The van der Waals surface area contributed by atoms with Gasteiger partial charge in [-0.3, -0.25) is 0 Å². The lowest BCUT2D eigenvalue weighted by molar-refractivity contribution is 0.0704. The molecule has 292 valence electrons. The van der Waals surface area contributed by atoms with Crippen molar-refractivity contribution in [3.63, 3.8) is 0 Å². The van der Waals surface area contributed by atoms with Crippen molar-refractivity contribution in [2.75, 3.05) is 51.1 Å². The molecule has 0 spiro atoms. The van der Waals surface area contributed by atoms with Crippen LogP contribution in [0.5, 0.6) is 0 Å². The van der Waals surface area contributed by atoms with Gasteiger partial charge in [0, 0.05) is 63.2 Å². The summed E-state index contributed by atoms with van der Waals surface area (Å²) in [6, 6.07) is 18.3. The van der Waals surface area contributed by atoms with Crippen molar-refractivity contribution in [2.24, 2.45) is 0 Å². The van der Waals surface area contributed by atoms with Gasteiger partial charge in [-0.2, -0.15) is 0 Å². The van der Waals surface area contributed by atoms with Crippen molar-refractivity contribution in [2.45, 2.75) is 75.2 Å². The van der Waals surface area contributed by atoms with Crippen LogP contribution in [-0.4, -0.2) is 78.7 Å². The first-order valence-electron chi connectivity index (χ1n) is 17.3. The van der Waals surface area contributed by atoms with E-state index in [9.17, 15) is 0 Å². The second kappa shape index (κ2) is 28.6. The number of fused-ring (bicyclic) bond motifs is 2. The number of thiazole rings is 2. The van der Waals surface area contributed by atoms with Gasteiger partial charge in [-0.05, 0) is 140 Å². The van der Waals surface area contributed by atoms with Crippen molar-refractivity contribution in [1.82, 2.24) is 9.97 Å². The summed E-state index contributed by atoms with van der Waals surface area (Å²) in [6.45, 7) is 15.8. The van der Waals surface area contributed by atoms with E-state index in [1.54, 1.807) is 63.9 Å². The summed E-state index contributed by atoms with van der Waals surface area (Å²) in [5.41, 5.74) is 2.17. The summed E-state index contributed by atoms with van der Waals surface area (Å²) in [5, 5.41) is 0. The number of para-hydroxylation sites is 2. The lowest BCUT2D eigenvalue weighted by atomic mass is 10.3. The molecule has 4 rings (SSSR count). The molecule has 0 aliphatic heterocycles. The van der Waals surface area contributed by atoms with E-state index in [-0.39, 0.29) is 0 Å². The van der Waals surface area contributed by atoms with E-state index in [0.717, 1.165) is 56.1 Å². The molecule has 8 nitrogen and oxygen atoms in total. The fourth-order valence-corrected chi connectivity index (χ4v) is 25.1. The molecule has 20 heteroatoms. The predicted octanol–water partition coefficient (Wildman–Crippen LogP) is 13.5. The first-order chi connectivity index (χ1) is 25.5. The predicted molar refractivity (Wildman–Crippen MR) is 246 cm³/mol. The fourth-order valence-electron chi connectivity index (χ4n) is 4.66. The van der Waals surface area contributed by atoms with Crippen LogP contribution in [-0.2, 0) is 26.6 Å². The minimum Gasteiger partial charge on any atom is -0.374 e. The van der Waals surface area contributed by atoms with Gasteiger partial charge in [0.1, 0.15) is 0 Å². The average molecular weight is 936 g/mol. The van der Waals surface area contributed by atoms with Gasteiger partial charge in [0.25, 0.3) is 0 Å².